The van der Waals surface area contributed by atoms with Gasteiger partial charge in [0.1, 0.15) is 0 Å². The first-order valence-corrected chi connectivity index (χ1v) is 5.76. The summed E-state index contributed by atoms with van der Waals surface area (Å²) in [4.78, 5) is 10.6. The fraction of sp³-hybridized carbons (Fsp3) is 0.500. The van der Waals surface area contributed by atoms with E-state index in [2.05, 4.69) is 0 Å². The predicted octanol–water partition coefficient (Wildman–Crippen LogP) is 2.68. The molecule has 0 aliphatic carbocycles. The Morgan fingerprint density at radius 1 is 1.24 bits per heavy atom. The van der Waals surface area contributed by atoms with Gasteiger partial charge >= 0.3 is 5.97 Å². The van der Waals surface area contributed by atoms with E-state index in [9.17, 15) is 9.90 Å². The van der Waals surface area contributed by atoms with E-state index in [-0.39, 0.29) is 12.8 Å². The topological polar surface area (TPSA) is 57.5 Å². The molecule has 0 saturated carbocycles. The summed E-state index contributed by atoms with van der Waals surface area (Å²) < 4.78 is 0. The summed E-state index contributed by atoms with van der Waals surface area (Å²) in [7, 11) is 0. The van der Waals surface area contributed by atoms with Crippen LogP contribution in [0.2, 0.25) is 0 Å². The van der Waals surface area contributed by atoms with Crippen molar-refractivity contribution in [1.29, 1.82) is 0 Å². The Morgan fingerprint density at radius 2 is 1.71 bits per heavy atom. The van der Waals surface area contributed by atoms with Gasteiger partial charge < -0.3 is 10.2 Å². The molecule has 0 aliphatic heterocycles. The molecule has 0 amide bonds. The highest BCUT2D eigenvalue weighted by molar-refractivity contribution is 5.66. The Bertz CT molecular complexity index is 410. The molecule has 2 N–H and O–H groups in total. The number of rotatable bonds is 4. The number of hydrogen-bond donors (Lipinski definition) is 2. The number of carboxylic acids is 1. The van der Waals surface area contributed by atoms with Gasteiger partial charge in [-0.2, -0.15) is 0 Å². The predicted molar refractivity (Wildman–Crippen MR) is 67.1 cm³/mol. The summed E-state index contributed by atoms with van der Waals surface area (Å²) in [5, 5.41) is 19.1. The van der Waals surface area contributed by atoms with E-state index in [1.165, 1.54) is 0 Å². The quantitative estimate of drug-likeness (QED) is 0.845. The molecule has 17 heavy (non-hydrogen) atoms. The van der Waals surface area contributed by atoms with Crippen molar-refractivity contribution in [2.45, 2.75) is 46.1 Å². The summed E-state index contributed by atoms with van der Waals surface area (Å²) in [6, 6.07) is 4.02. The van der Waals surface area contributed by atoms with Crippen LogP contribution in [0.4, 0.5) is 0 Å². The Morgan fingerprint density at radius 3 is 2.12 bits per heavy atom. The molecule has 0 fully saturated rings. The lowest BCUT2D eigenvalue weighted by Gasteiger charge is -2.27. The van der Waals surface area contributed by atoms with E-state index in [0.29, 0.717) is 0 Å². The second-order valence-corrected chi connectivity index (χ2v) is 4.94. The van der Waals surface area contributed by atoms with E-state index in [1.807, 2.05) is 32.9 Å². The summed E-state index contributed by atoms with van der Waals surface area (Å²) in [5.41, 5.74) is 2.94. The minimum atomic E-state index is -1.08. The van der Waals surface area contributed by atoms with Crippen LogP contribution in [0.25, 0.3) is 0 Å². The highest BCUT2D eigenvalue weighted by atomic mass is 16.4. The Hall–Kier alpha value is -1.35. The average Bonchev–Trinajstić information content (AvgIpc) is 2.12. The van der Waals surface area contributed by atoms with Crippen molar-refractivity contribution in [2.75, 3.05) is 0 Å². The van der Waals surface area contributed by atoms with Crippen molar-refractivity contribution in [3.8, 4) is 0 Å². The summed E-state index contributed by atoms with van der Waals surface area (Å²) >= 11 is 0. The Kier molecular flexibility index (Phi) is 3.94. The van der Waals surface area contributed by atoms with Gasteiger partial charge in [0.25, 0.3) is 0 Å². The van der Waals surface area contributed by atoms with Crippen LogP contribution in [0.5, 0.6) is 0 Å². The van der Waals surface area contributed by atoms with Crippen LogP contribution < -0.4 is 0 Å². The molecule has 94 valence electrons. The number of carboxylic acid groups (broad SMARTS) is 1. The van der Waals surface area contributed by atoms with Gasteiger partial charge in [-0.15, -0.1) is 0 Å². The number of aliphatic carboxylic acids is 1. The van der Waals surface area contributed by atoms with Crippen molar-refractivity contribution in [1.82, 2.24) is 0 Å². The van der Waals surface area contributed by atoms with E-state index in [0.717, 1.165) is 22.3 Å². The molecule has 0 saturated heterocycles. The molecule has 1 aromatic carbocycles. The molecule has 1 atom stereocenters. The highest BCUT2D eigenvalue weighted by Gasteiger charge is 2.27. The molecule has 0 aliphatic rings. The zero-order valence-electron chi connectivity index (χ0n) is 10.9. The van der Waals surface area contributed by atoms with Crippen molar-refractivity contribution in [3.63, 3.8) is 0 Å². The maximum Gasteiger partial charge on any atom is 0.303 e. The molecule has 3 nitrogen and oxygen atoms in total. The average molecular weight is 236 g/mol. The van der Waals surface area contributed by atoms with Crippen LogP contribution in [0.3, 0.4) is 0 Å². The monoisotopic (exact) mass is 236 g/mol. The normalized spacial score (nSPS) is 14.4. The third kappa shape index (κ3) is 3.30. The number of carbonyl (C=O) groups is 1. The molecular formula is C14H20O3. The van der Waals surface area contributed by atoms with Gasteiger partial charge in [-0.1, -0.05) is 17.7 Å². The molecule has 0 aromatic heterocycles. The maximum absolute atomic E-state index is 10.6. The Labute approximate surface area is 102 Å². The summed E-state index contributed by atoms with van der Waals surface area (Å²) in [5.74, 6) is -0.882. The fourth-order valence-corrected chi connectivity index (χ4v) is 2.50. The lowest BCUT2D eigenvalue weighted by Crippen LogP contribution is -2.25. The van der Waals surface area contributed by atoms with Gasteiger partial charge in [0.05, 0.1) is 5.60 Å². The van der Waals surface area contributed by atoms with Gasteiger partial charge in [0.2, 0.25) is 0 Å². The van der Waals surface area contributed by atoms with Crippen molar-refractivity contribution < 1.29 is 15.0 Å². The molecule has 0 radical (unpaired) electrons. The SMILES string of the molecule is Cc1cc(C)c(C(C)(O)CCC(=O)O)c(C)c1. The second kappa shape index (κ2) is 4.88. The number of hydrogen-bond acceptors (Lipinski definition) is 2. The molecule has 1 unspecified atom stereocenters. The first kappa shape index (κ1) is 13.7. The summed E-state index contributed by atoms with van der Waals surface area (Å²) in [6.45, 7) is 7.59. The first-order chi connectivity index (χ1) is 7.74. The maximum atomic E-state index is 10.6. The van der Waals surface area contributed by atoms with Gasteiger partial charge in [0, 0.05) is 6.42 Å². The minimum absolute atomic E-state index is 0.0280. The highest BCUT2D eigenvalue weighted by Crippen LogP contribution is 2.32. The van der Waals surface area contributed by atoms with E-state index in [4.69, 9.17) is 5.11 Å². The molecule has 0 heterocycles. The van der Waals surface area contributed by atoms with Crippen LogP contribution in [-0.2, 0) is 10.4 Å². The first-order valence-electron chi connectivity index (χ1n) is 5.76. The number of aryl methyl sites for hydroxylation is 3. The van der Waals surface area contributed by atoms with Gasteiger partial charge in [0.15, 0.2) is 0 Å². The van der Waals surface area contributed by atoms with Gasteiger partial charge in [-0.3, -0.25) is 4.79 Å². The number of benzene rings is 1. The molecular weight excluding hydrogens is 216 g/mol. The molecule has 0 bridgehead atoms. The van der Waals surface area contributed by atoms with Crippen molar-refractivity contribution in [3.05, 3.63) is 34.4 Å². The third-order valence-electron chi connectivity index (χ3n) is 3.04. The van der Waals surface area contributed by atoms with Gasteiger partial charge in [-0.05, 0) is 50.8 Å². The molecule has 1 rings (SSSR count). The largest absolute Gasteiger partial charge is 0.481 e. The summed E-state index contributed by atoms with van der Waals surface area (Å²) in [6.07, 6.45) is 0.201. The fourth-order valence-electron chi connectivity index (χ4n) is 2.50. The molecule has 0 spiro atoms. The minimum Gasteiger partial charge on any atom is -0.481 e. The van der Waals surface area contributed by atoms with Crippen molar-refractivity contribution in [2.24, 2.45) is 0 Å². The van der Waals surface area contributed by atoms with Crippen LogP contribution in [0.15, 0.2) is 12.1 Å². The molecule has 3 heteroatoms. The van der Waals surface area contributed by atoms with Crippen LogP contribution in [0, 0.1) is 20.8 Å². The number of aliphatic hydroxyl groups is 1. The lowest BCUT2D eigenvalue weighted by atomic mass is 9.84. The van der Waals surface area contributed by atoms with Crippen molar-refractivity contribution >= 4 is 5.97 Å². The zero-order valence-corrected chi connectivity index (χ0v) is 10.9. The lowest BCUT2D eigenvalue weighted by molar-refractivity contribution is -0.138. The second-order valence-electron chi connectivity index (χ2n) is 4.94. The molecule has 1 aromatic rings. The van der Waals surface area contributed by atoms with Crippen LogP contribution >= 0.6 is 0 Å². The standard InChI is InChI=1S/C14H20O3/c1-9-7-10(2)13(11(3)8-9)14(4,17)6-5-12(15)16/h7-8,17H,5-6H2,1-4H3,(H,15,16). The van der Waals surface area contributed by atoms with E-state index >= 15 is 0 Å². The van der Waals surface area contributed by atoms with Gasteiger partial charge in [-0.25, -0.2) is 0 Å². The smallest absolute Gasteiger partial charge is 0.303 e. The van der Waals surface area contributed by atoms with E-state index < -0.39 is 11.6 Å². The van der Waals surface area contributed by atoms with Crippen LogP contribution in [0.1, 0.15) is 42.0 Å². The van der Waals surface area contributed by atoms with E-state index in [1.54, 1.807) is 6.92 Å². The third-order valence-corrected chi connectivity index (χ3v) is 3.04. The zero-order chi connectivity index (χ0) is 13.2. The van der Waals surface area contributed by atoms with Crippen LogP contribution in [-0.4, -0.2) is 16.2 Å². The Balaban J connectivity index is 3.09.